The lowest BCUT2D eigenvalue weighted by Gasteiger charge is -2.36. The average molecular weight is 355 g/mol. The lowest BCUT2D eigenvalue weighted by atomic mass is 10.1. The maximum atomic E-state index is 12.0. The Kier molecular flexibility index (Phi) is 5.50. The van der Waals surface area contributed by atoms with E-state index in [2.05, 4.69) is 23.8 Å². The van der Waals surface area contributed by atoms with Crippen molar-refractivity contribution in [1.29, 1.82) is 0 Å². The van der Waals surface area contributed by atoms with Gasteiger partial charge in [0.25, 0.3) is 11.6 Å². The molecule has 1 saturated heterocycles. The lowest BCUT2D eigenvalue weighted by Crippen LogP contribution is -2.46. The van der Waals surface area contributed by atoms with Gasteiger partial charge in [-0.2, -0.15) is 0 Å². The van der Waals surface area contributed by atoms with Crippen molar-refractivity contribution in [2.75, 3.05) is 31.1 Å². The summed E-state index contributed by atoms with van der Waals surface area (Å²) in [6.07, 6.45) is 0. The molecule has 3 rings (SSSR count). The second-order valence-corrected chi connectivity index (χ2v) is 6.26. The quantitative estimate of drug-likeness (QED) is 0.251. The highest BCUT2D eigenvalue weighted by Crippen LogP contribution is 2.32. The summed E-state index contributed by atoms with van der Waals surface area (Å²) in [6.45, 7) is 7.44. The van der Waals surface area contributed by atoms with Crippen LogP contribution in [0.4, 0.5) is 11.4 Å². The number of carbonyl (C=O) groups is 1. The first-order chi connectivity index (χ1) is 12.6. The smallest absolute Gasteiger partial charge is 0.280 e. The molecule has 1 aliphatic rings. The molecule has 0 bridgehead atoms. The van der Waals surface area contributed by atoms with Crippen LogP contribution >= 0.6 is 0 Å². The van der Waals surface area contributed by atoms with Gasteiger partial charge in [-0.05, 0) is 11.6 Å². The van der Waals surface area contributed by atoms with Crippen molar-refractivity contribution in [3.63, 3.8) is 0 Å². The number of hydrogen-bond donors (Lipinski definition) is 3. The minimum atomic E-state index is -0.615. The number of hydrogen-bond acceptors (Lipinski definition) is 5. The van der Waals surface area contributed by atoms with Crippen molar-refractivity contribution in [3.8, 4) is 0 Å². The average Bonchev–Trinajstić information content (AvgIpc) is 2.68. The fraction of sp³-hybridized carbons (Fsp3) is 0.263. The van der Waals surface area contributed by atoms with Gasteiger partial charge in [0, 0.05) is 43.5 Å². The van der Waals surface area contributed by atoms with Gasteiger partial charge in [-0.15, -0.1) is 0 Å². The summed E-state index contributed by atoms with van der Waals surface area (Å²) in [4.78, 5) is 16.4. The van der Waals surface area contributed by atoms with Crippen LogP contribution in [-0.4, -0.2) is 58.9 Å². The number of amides is 1. The Labute approximate surface area is 152 Å². The zero-order valence-corrected chi connectivity index (χ0v) is 14.5. The van der Waals surface area contributed by atoms with Gasteiger partial charge in [-0.25, -0.2) is 5.48 Å². The highest BCUT2D eigenvalue weighted by molar-refractivity contribution is 6.01. The van der Waals surface area contributed by atoms with Crippen molar-refractivity contribution >= 4 is 24.0 Å². The van der Waals surface area contributed by atoms with E-state index in [9.17, 15) is 10.0 Å². The Morgan fingerprint density at radius 3 is 2.38 bits per heavy atom. The highest BCUT2D eigenvalue weighted by Gasteiger charge is 2.28. The molecular formula is C19H23N4O3+. The molecule has 0 aliphatic carbocycles. The molecule has 2 aromatic rings. The van der Waals surface area contributed by atoms with E-state index in [0.717, 1.165) is 24.4 Å². The van der Waals surface area contributed by atoms with Gasteiger partial charge in [-0.3, -0.25) is 20.1 Å². The summed E-state index contributed by atoms with van der Waals surface area (Å²) in [5.74, 6) is -0.615. The first-order valence-corrected chi connectivity index (χ1v) is 8.48. The Morgan fingerprint density at radius 1 is 1.08 bits per heavy atom. The fourth-order valence-electron chi connectivity index (χ4n) is 3.29. The SMILES string of the molecule is C=[N+](O)c1cccc(C(=O)NO)c1N1CCN(Cc2ccccc2)CC1. The molecule has 1 fully saturated rings. The Balaban J connectivity index is 1.78. The molecule has 7 heteroatoms. The summed E-state index contributed by atoms with van der Waals surface area (Å²) in [5.41, 5.74) is 4.22. The molecule has 1 amide bonds. The standard InChI is InChI=1S/C19H22N4O3/c1-21(26)17-9-5-8-16(19(24)20-25)18(17)23-12-10-22(11-13-23)14-15-6-3-2-4-7-15/h2-9H,1,10-14H2,(H2-,20,24,25,26)/p+1. The van der Waals surface area contributed by atoms with Crippen LogP contribution in [0.3, 0.4) is 0 Å². The summed E-state index contributed by atoms with van der Waals surface area (Å²) in [5, 5.41) is 18.9. The second kappa shape index (κ2) is 7.99. The number of hydroxylamine groups is 1. The minimum absolute atomic E-state index is 0.296. The Bertz CT molecular complexity index is 787. The molecule has 0 saturated carbocycles. The van der Waals surface area contributed by atoms with Crippen LogP contribution in [0.25, 0.3) is 0 Å². The third-order valence-corrected chi connectivity index (χ3v) is 4.58. The molecule has 7 nitrogen and oxygen atoms in total. The lowest BCUT2D eigenvalue weighted by molar-refractivity contribution is -0.706. The maximum Gasteiger partial charge on any atom is 0.280 e. The molecule has 0 aromatic heterocycles. The van der Waals surface area contributed by atoms with Crippen LogP contribution in [0.15, 0.2) is 48.5 Å². The van der Waals surface area contributed by atoms with E-state index in [1.807, 2.05) is 23.1 Å². The number of piperazine rings is 1. The molecule has 136 valence electrons. The number of carbonyl (C=O) groups excluding carboxylic acids is 1. The molecule has 1 aliphatic heterocycles. The van der Waals surface area contributed by atoms with E-state index in [1.165, 1.54) is 5.56 Å². The van der Waals surface area contributed by atoms with E-state index >= 15 is 0 Å². The van der Waals surface area contributed by atoms with Gasteiger partial charge in [0.1, 0.15) is 5.69 Å². The zero-order chi connectivity index (χ0) is 18.5. The van der Waals surface area contributed by atoms with Gasteiger partial charge in [0.15, 0.2) is 6.72 Å². The second-order valence-electron chi connectivity index (χ2n) is 6.26. The van der Waals surface area contributed by atoms with Crippen LogP contribution < -0.4 is 10.4 Å². The van der Waals surface area contributed by atoms with Crippen molar-refractivity contribution in [2.24, 2.45) is 0 Å². The first-order valence-electron chi connectivity index (χ1n) is 8.48. The van der Waals surface area contributed by atoms with E-state index in [0.29, 0.717) is 30.0 Å². The van der Waals surface area contributed by atoms with Crippen LogP contribution in [0.5, 0.6) is 0 Å². The van der Waals surface area contributed by atoms with Gasteiger partial charge >= 0.3 is 0 Å². The Hall–Kier alpha value is -2.90. The van der Waals surface area contributed by atoms with Gasteiger partial charge in [0.05, 0.1) is 5.56 Å². The Morgan fingerprint density at radius 2 is 1.77 bits per heavy atom. The predicted molar refractivity (Wildman–Crippen MR) is 98.5 cm³/mol. The van der Waals surface area contributed by atoms with E-state index < -0.39 is 5.91 Å². The van der Waals surface area contributed by atoms with Crippen molar-refractivity contribution in [1.82, 2.24) is 10.4 Å². The van der Waals surface area contributed by atoms with Crippen LogP contribution in [-0.2, 0) is 6.54 Å². The maximum absolute atomic E-state index is 12.0. The number of nitrogens with one attached hydrogen (secondary N) is 1. The molecule has 0 radical (unpaired) electrons. The van der Waals surface area contributed by atoms with Crippen LogP contribution in [0, 0.1) is 0 Å². The van der Waals surface area contributed by atoms with Crippen molar-refractivity contribution in [3.05, 3.63) is 59.7 Å². The van der Waals surface area contributed by atoms with Gasteiger partial charge in [0.2, 0.25) is 0 Å². The van der Waals surface area contributed by atoms with E-state index in [1.54, 1.807) is 23.7 Å². The number of benzene rings is 2. The molecule has 1 heterocycles. The summed E-state index contributed by atoms with van der Waals surface area (Å²) in [6, 6.07) is 15.2. The summed E-state index contributed by atoms with van der Waals surface area (Å²) < 4.78 is 0.750. The highest BCUT2D eigenvalue weighted by atomic mass is 16.5. The third kappa shape index (κ3) is 3.84. The molecule has 26 heavy (non-hydrogen) atoms. The van der Waals surface area contributed by atoms with Gasteiger partial charge < -0.3 is 4.90 Å². The normalized spacial score (nSPS) is 14.9. The fourth-order valence-corrected chi connectivity index (χ4v) is 3.29. The van der Waals surface area contributed by atoms with Gasteiger partial charge in [-0.1, -0.05) is 36.4 Å². The van der Waals surface area contributed by atoms with Crippen molar-refractivity contribution in [2.45, 2.75) is 6.54 Å². The third-order valence-electron chi connectivity index (χ3n) is 4.58. The number of anilines is 1. The predicted octanol–water partition coefficient (Wildman–Crippen LogP) is 1.86. The van der Waals surface area contributed by atoms with Crippen LogP contribution in [0.1, 0.15) is 15.9 Å². The molecule has 0 unspecified atom stereocenters. The number of para-hydroxylation sites is 1. The van der Waals surface area contributed by atoms with Crippen LogP contribution in [0.2, 0.25) is 0 Å². The minimum Gasteiger partial charge on any atom is -0.363 e. The topological polar surface area (TPSA) is 79.0 Å². The zero-order valence-electron chi connectivity index (χ0n) is 14.5. The van der Waals surface area contributed by atoms with Crippen molar-refractivity contribution < 1.29 is 19.9 Å². The van der Waals surface area contributed by atoms with E-state index in [-0.39, 0.29) is 0 Å². The van der Waals surface area contributed by atoms with E-state index in [4.69, 9.17) is 5.21 Å². The monoisotopic (exact) mass is 355 g/mol. The molecule has 3 N–H and O–H groups in total. The molecule has 0 spiro atoms. The number of nitrogens with zero attached hydrogens (tertiary/aromatic N) is 3. The first kappa shape index (κ1) is 17.9. The number of rotatable bonds is 5. The largest absolute Gasteiger partial charge is 0.363 e. The molecule has 0 atom stereocenters. The molecular weight excluding hydrogens is 332 g/mol. The molecule has 2 aromatic carbocycles. The summed E-state index contributed by atoms with van der Waals surface area (Å²) in [7, 11) is 0. The summed E-state index contributed by atoms with van der Waals surface area (Å²) >= 11 is 0.